The smallest absolute Gasteiger partial charge is 0.0273 e. The summed E-state index contributed by atoms with van der Waals surface area (Å²) in [4.78, 5) is 4.04. The zero-order valence-corrected chi connectivity index (χ0v) is 9.49. The molecule has 0 amide bonds. The molecule has 0 aliphatic carbocycles. The van der Waals surface area contributed by atoms with Crippen LogP contribution in [0.15, 0.2) is 30.7 Å². The number of rotatable bonds is 2. The van der Waals surface area contributed by atoms with Gasteiger partial charge in [-0.15, -0.1) is 0 Å². The maximum atomic E-state index is 4.04. The van der Waals surface area contributed by atoms with E-state index in [1.807, 2.05) is 12.4 Å². The Morgan fingerprint density at radius 3 is 2.47 bits per heavy atom. The summed E-state index contributed by atoms with van der Waals surface area (Å²) in [5.41, 5.74) is 5.35. The number of nitrogens with zero attached hydrogens (tertiary/aromatic N) is 2. The molecule has 0 fully saturated rings. The highest BCUT2D eigenvalue weighted by Gasteiger charge is 2.09. The molecular weight excluding hydrogens is 184 g/mol. The first-order chi connectivity index (χ1) is 7.24. The van der Waals surface area contributed by atoms with E-state index < -0.39 is 0 Å². The third-order valence-electron chi connectivity index (χ3n) is 2.91. The highest BCUT2D eigenvalue weighted by Crippen LogP contribution is 2.26. The second-order valence-electron chi connectivity index (χ2n) is 3.81. The van der Waals surface area contributed by atoms with Crippen LogP contribution in [0.2, 0.25) is 0 Å². The Kier molecular flexibility index (Phi) is 2.58. The summed E-state index contributed by atoms with van der Waals surface area (Å²) in [5, 5.41) is 0. The van der Waals surface area contributed by atoms with Crippen molar-refractivity contribution in [2.45, 2.75) is 20.3 Å². The molecule has 2 heteroatoms. The van der Waals surface area contributed by atoms with Crippen LogP contribution in [0.25, 0.3) is 11.1 Å². The Morgan fingerprint density at radius 2 is 1.93 bits per heavy atom. The lowest BCUT2D eigenvalue weighted by atomic mass is 10.0. The van der Waals surface area contributed by atoms with E-state index in [-0.39, 0.29) is 0 Å². The maximum Gasteiger partial charge on any atom is 0.0273 e. The molecule has 78 valence electrons. The fraction of sp³-hybridized carbons (Fsp3) is 0.308. The molecule has 0 radical (unpaired) electrons. The van der Waals surface area contributed by atoms with Gasteiger partial charge in [-0.05, 0) is 36.6 Å². The molecular formula is C13H16N2. The van der Waals surface area contributed by atoms with E-state index in [2.05, 4.69) is 48.8 Å². The van der Waals surface area contributed by atoms with Crippen LogP contribution in [0.4, 0.5) is 0 Å². The number of hydrogen-bond donors (Lipinski definition) is 0. The molecule has 15 heavy (non-hydrogen) atoms. The average Bonchev–Trinajstić information content (AvgIpc) is 2.55. The Balaban J connectivity index is 2.55. The van der Waals surface area contributed by atoms with Crippen molar-refractivity contribution in [3.63, 3.8) is 0 Å². The predicted molar refractivity (Wildman–Crippen MR) is 62.8 cm³/mol. The summed E-state index contributed by atoms with van der Waals surface area (Å²) in [6.07, 6.45) is 6.96. The lowest BCUT2D eigenvalue weighted by molar-refractivity contribution is 0.831. The fourth-order valence-corrected chi connectivity index (χ4v) is 2.13. The second-order valence-corrected chi connectivity index (χ2v) is 3.81. The first-order valence-corrected chi connectivity index (χ1v) is 5.29. The van der Waals surface area contributed by atoms with Crippen LogP contribution >= 0.6 is 0 Å². The Hall–Kier alpha value is -1.57. The Labute approximate surface area is 90.6 Å². The summed E-state index contributed by atoms with van der Waals surface area (Å²) in [6, 6.07) is 4.11. The molecule has 0 bridgehead atoms. The van der Waals surface area contributed by atoms with Gasteiger partial charge >= 0.3 is 0 Å². The molecule has 0 spiro atoms. The monoisotopic (exact) mass is 200 g/mol. The summed E-state index contributed by atoms with van der Waals surface area (Å²) in [7, 11) is 2.11. The van der Waals surface area contributed by atoms with Gasteiger partial charge in [0, 0.05) is 36.9 Å². The minimum Gasteiger partial charge on any atom is -0.354 e. The maximum absolute atomic E-state index is 4.04. The summed E-state index contributed by atoms with van der Waals surface area (Å²) in [5.74, 6) is 0. The molecule has 0 saturated carbocycles. The SMILES string of the molecule is CCc1c(C)c(-c2ccncc2)cn1C. The molecule has 2 rings (SSSR count). The largest absolute Gasteiger partial charge is 0.354 e. The van der Waals surface area contributed by atoms with Gasteiger partial charge in [0.25, 0.3) is 0 Å². The van der Waals surface area contributed by atoms with Crippen LogP contribution in [0.3, 0.4) is 0 Å². The normalized spacial score (nSPS) is 10.6. The first-order valence-electron chi connectivity index (χ1n) is 5.29. The van der Waals surface area contributed by atoms with Crippen molar-refractivity contribution in [3.8, 4) is 11.1 Å². The topological polar surface area (TPSA) is 17.8 Å². The zero-order chi connectivity index (χ0) is 10.8. The summed E-state index contributed by atoms with van der Waals surface area (Å²) in [6.45, 7) is 4.38. The highest BCUT2D eigenvalue weighted by molar-refractivity contribution is 5.67. The third kappa shape index (κ3) is 1.67. The standard InChI is InChI=1S/C13H16N2/c1-4-13-10(2)12(9-15(13)3)11-5-7-14-8-6-11/h5-9H,4H2,1-3H3. The number of aromatic nitrogens is 2. The van der Waals surface area contributed by atoms with Crippen LogP contribution in [0.1, 0.15) is 18.2 Å². The van der Waals surface area contributed by atoms with E-state index in [4.69, 9.17) is 0 Å². The van der Waals surface area contributed by atoms with Crippen LogP contribution < -0.4 is 0 Å². The molecule has 2 aromatic rings. The van der Waals surface area contributed by atoms with Crippen LogP contribution in [0, 0.1) is 6.92 Å². The van der Waals surface area contributed by atoms with Gasteiger partial charge in [-0.3, -0.25) is 4.98 Å². The molecule has 2 heterocycles. The number of hydrogen-bond acceptors (Lipinski definition) is 1. The third-order valence-corrected chi connectivity index (χ3v) is 2.91. The van der Waals surface area contributed by atoms with Crippen molar-refractivity contribution < 1.29 is 0 Å². The highest BCUT2D eigenvalue weighted by atomic mass is 14.9. The fourth-order valence-electron chi connectivity index (χ4n) is 2.13. The van der Waals surface area contributed by atoms with E-state index in [9.17, 15) is 0 Å². The van der Waals surface area contributed by atoms with Gasteiger partial charge in [-0.25, -0.2) is 0 Å². The quantitative estimate of drug-likeness (QED) is 0.728. The molecule has 2 aromatic heterocycles. The molecule has 0 saturated heterocycles. The van der Waals surface area contributed by atoms with Crippen LogP contribution in [-0.2, 0) is 13.5 Å². The molecule has 0 aromatic carbocycles. The van der Waals surface area contributed by atoms with Crippen LogP contribution in [-0.4, -0.2) is 9.55 Å². The van der Waals surface area contributed by atoms with Gasteiger partial charge < -0.3 is 4.57 Å². The van der Waals surface area contributed by atoms with Crippen molar-refractivity contribution in [2.75, 3.05) is 0 Å². The number of aryl methyl sites for hydroxylation is 1. The van der Waals surface area contributed by atoms with Crippen molar-refractivity contribution in [2.24, 2.45) is 7.05 Å². The van der Waals surface area contributed by atoms with Gasteiger partial charge in [0.1, 0.15) is 0 Å². The zero-order valence-electron chi connectivity index (χ0n) is 9.49. The van der Waals surface area contributed by atoms with Crippen molar-refractivity contribution in [3.05, 3.63) is 42.0 Å². The Morgan fingerprint density at radius 1 is 1.27 bits per heavy atom. The van der Waals surface area contributed by atoms with Crippen LogP contribution in [0.5, 0.6) is 0 Å². The molecule has 0 unspecified atom stereocenters. The first kappa shape index (κ1) is 9.97. The van der Waals surface area contributed by atoms with Gasteiger partial charge in [0.15, 0.2) is 0 Å². The lowest BCUT2D eigenvalue weighted by Gasteiger charge is -2.01. The predicted octanol–water partition coefficient (Wildman–Crippen LogP) is 2.96. The molecule has 0 atom stereocenters. The van der Waals surface area contributed by atoms with E-state index in [1.54, 1.807) is 0 Å². The molecule has 0 N–H and O–H groups in total. The van der Waals surface area contributed by atoms with E-state index >= 15 is 0 Å². The van der Waals surface area contributed by atoms with Crippen molar-refractivity contribution in [1.29, 1.82) is 0 Å². The Bertz CT molecular complexity index is 455. The van der Waals surface area contributed by atoms with Crippen molar-refractivity contribution >= 4 is 0 Å². The van der Waals surface area contributed by atoms with Gasteiger partial charge in [0.2, 0.25) is 0 Å². The molecule has 0 aliphatic heterocycles. The van der Waals surface area contributed by atoms with Gasteiger partial charge in [-0.2, -0.15) is 0 Å². The van der Waals surface area contributed by atoms with E-state index in [1.165, 1.54) is 22.4 Å². The number of pyridine rings is 1. The second kappa shape index (κ2) is 3.89. The molecule has 2 nitrogen and oxygen atoms in total. The van der Waals surface area contributed by atoms with Crippen molar-refractivity contribution in [1.82, 2.24) is 9.55 Å². The van der Waals surface area contributed by atoms with Gasteiger partial charge in [0.05, 0.1) is 0 Å². The average molecular weight is 200 g/mol. The minimum absolute atomic E-state index is 1.08. The lowest BCUT2D eigenvalue weighted by Crippen LogP contribution is -1.93. The van der Waals surface area contributed by atoms with E-state index in [0.717, 1.165) is 6.42 Å². The summed E-state index contributed by atoms with van der Waals surface area (Å²) < 4.78 is 2.21. The minimum atomic E-state index is 1.08. The molecule has 0 aliphatic rings. The summed E-state index contributed by atoms with van der Waals surface area (Å²) >= 11 is 0. The van der Waals surface area contributed by atoms with E-state index in [0.29, 0.717) is 0 Å². The van der Waals surface area contributed by atoms with Gasteiger partial charge in [-0.1, -0.05) is 6.92 Å².